The molecular formula is C19H18N2O2S. The van der Waals surface area contributed by atoms with Gasteiger partial charge in [0.25, 0.3) is 5.91 Å². The monoisotopic (exact) mass is 338 g/mol. The molecule has 2 aromatic carbocycles. The molecule has 0 spiro atoms. The van der Waals surface area contributed by atoms with Crippen LogP contribution in [-0.2, 0) is 11.3 Å². The molecule has 5 heteroatoms. The molecule has 1 aromatic heterocycles. The van der Waals surface area contributed by atoms with Crippen molar-refractivity contribution in [3.05, 3.63) is 82.1 Å². The summed E-state index contributed by atoms with van der Waals surface area (Å²) in [7, 11) is 0. The van der Waals surface area contributed by atoms with Crippen LogP contribution in [0.2, 0.25) is 0 Å². The second-order valence-corrected chi connectivity index (χ2v) is 6.28. The van der Waals surface area contributed by atoms with Gasteiger partial charge in [-0.2, -0.15) is 4.99 Å². The summed E-state index contributed by atoms with van der Waals surface area (Å²) in [5, 5.41) is 1.93. The van der Waals surface area contributed by atoms with Crippen LogP contribution in [0.15, 0.2) is 71.2 Å². The summed E-state index contributed by atoms with van der Waals surface area (Å²) in [5.41, 5.74) is 2.40. The molecule has 0 radical (unpaired) electrons. The maximum Gasteiger partial charge on any atom is 0.286 e. The molecule has 24 heavy (non-hydrogen) atoms. The molecule has 1 amide bonds. The highest BCUT2D eigenvalue weighted by Crippen LogP contribution is 2.08. The number of aromatic nitrogens is 1. The number of carbonyl (C=O) groups excluding carboxylic acids is 1. The Hall–Kier alpha value is -2.66. The van der Waals surface area contributed by atoms with Crippen LogP contribution in [-0.4, -0.2) is 17.1 Å². The van der Waals surface area contributed by atoms with Gasteiger partial charge in [0.05, 0.1) is 0 Å². The second-order valence-electron chi connectivity index (χ2n) is 5.41. The predicted molar refractivity (Wildman–Crippen MR) is 95.1 cm³/mol. The van der Waals surface area contributed by atoms with E-state index < -0.39 is 0 Å². The lowest BCUT2D eigenvalue weighted by molar-refractivity contribution is -0.120. The normalized spacial score (nSPS) is 11.5. The van der Waals surface area contributed by atoms with Crippen molar-refractivity contribution in [2.45, 2.75) is 13.5 Å². The van der Waals surface area contributed by atoms with Crippen LogP contribution in [0.25, 0.3) is 0 Å². The fourth-order valence-corrected chi connectivity index (χ4v) is 2.94. The quantitative estimate of drug-likeness (QED) is 0.715. The number of hydrogen-bond donors (Lipinski definition) is 0. The van der Waals surface area contributed by atoms with Crippen molar-refractivity contribution in [2.24, 2.45) is 4.99 Å². The maximum atomic E-state index is 12.0. The molecule has 0 N–H and O–H groups in total. The number of amides is 1. The average Bonchev–Trinajstić information content (AvgIpc) is 3.03. The van der Waals surface area contributed by atoms with Crippen LogP contribution in [0, 0.1) is 6.92 Å². The van der Waals surface area contributed by atoms with E-state index in [-0.39, 0.29) is 12.5 Å². The molecule has 0 aliphatic rings. The van der Waals surface area contributed by atoms with E-state index in [9.17, 15) is 4.79 Å². The van der Waals surface area contributed by atoms with Crippen LogP contribution < -0.4 is 9.54 Å². The van der Waals surface area contributed by atoms with E-state index in [1.54, 1.807) is 0 Å². The Balaban J connectivity index is 1.68. The Bertz CT molecular complexity index is 864. The summed E-state index contributed by atoms with van der Waals surface area (Å²) in [6, 6.07) is 17.6. The predicted octanol–water partition coefficient (Wildman–Crippen LogP) is 3.41. The van der Waals surface area contributed by atoms with Crippen molar-refractivity contribution in [1.29, 1.82) is 0 Å². The highest BCUT2D eigenvalue weighted by Gasteiger charge is 2.03. The Labute approximate surface area is 144 Å². The van der Waals surface area contributed by atoms with E-state index in [1.165, 1.54) is 22.5 Å². The lowest BCUT2D eigenvalue weighted by Gasteiger charge is -2.04. The molecule has 0 fully saturated rings. The number of nitrogens with zero attached hydrogens (tertiary/aromatic N) is 2. The SMILES string of the molecule is Cc1ccc(Cn2ccsc2=NC(=O)COc2ccccc2)cc1. The molecule has 122 valence electrons. The highest BCUT2D eigenvalue weighted by atomic mass is 32.1. The third kappa shape index (κ3) is 4.43. The molecule has 0 aliphatic heterocycles. The first-order valence-corrected chi connectivity index (χ1v) is 8.53. The molecule has 0 atom stereocenters. The zero-order valence-electron chi connectivity index (χ0n) is 13.4. The van der Waals surface area contributed by atoms with Crippen molar-refractivity contribution in [3.8, 4) is 5.75 Å². The van der Waals surface area contributed by atoms with Crippen LogP contribution in [0.4, 0.5) is 0 Å². The van der Waals surface area contributed by atoms with Gasteiger partial charge in [0.2, 0.25) is 0 Å². The lowest BCUT2D eigenvalue weighted by Crippen LogP contribution is -2.19. The summed E-state index contributed by atoms with van der Waals surface area (Å²) in [5.74, 6) is 0.374. The largest absolute Gasteiger partial charge is 0.484 e. The molecule has 0 unspecified atom stereocenters. The lowest BCUT2D eigenvalue weighted by atomic mass is 10.1. The first-order chi connectivity index (χ1) is 11.7. The summed E-state index contributed by atoms with van der Waals surface area (Å²) < 4.78 is 7.41. The van der Waals surface area contributed by atoms with E-state index in [4.69, 9.17) is 4.74 Å². The fraction of sp³-hybridized carbons (Fsp3) is 0.158. The van der Waals surface area contributed by atoms with Crippen LogP contribution in [0.3, 0.4) is 0 Å². The van der Waals surface area contributed by atoms with Crippen LogP contribution >= 0.6 is 11.3 Å². The molecule has 0 saturated heterocycles. The summed E-state index contributed by atoms with van der Waals surface area (Å²) >= 11 is 1.44. The van der Waals surface area contributed by atoms with Crippen molar-refractivity contribution >= 4 is 17.2 Å². The third-order valence-corrected chi connectivity index (χ3v) is 4.25. The number of thiazole rings is 1. The minimum atomic E-state index is -0.293. The standard InChI is InChI=1S/C19H18N2O2S/c1-15-7-9-16(10-8-15)13-21-11-12-24-19(21)20-18(22)14-23-17-5-3-2-4-6-17/h2-12H,13-14H2,1H3. The van der Waals surface area contributed by atoms with Gasteiger partial charge in [-0.1, -0.05) is 48.0 Å². The van der Waals surface area contributed by atoms with Gasteiger partial charge in [-0.25, -0.2) is 0 Å². The van der Waals surface area contributed by atoms with Crippen LogP contribution in [0.1, 0.15) is 11.1 Å². The second kappa shape index (κ2) is 7.75. The number of ether oxygens (including phenoxy) is 1. The minimum absolute atomic E-state index is 0.0631. The molecule has 0 aliphatic carbocycles. The first-order valence-electron chi connectivity index (χ1n) is 7.65. The van der Waals surface area contributed by atoms with E-state index in [0.29, 0.717) is 17.1 Å². The number of hydrogen-bond acceptors (Lipinski definition) is 3. The summed E-state index contributed by atoms with van der Waals surface area (Å²) in [4.78, 5) is 16.9. The van der Waals surface area contributed by atoms with Crippen molar-refractivity contribution in [2.75, 3.05) is 6.61 Å². The average molecular weight is 338 g/mol. The molecular weight excluding hydrogens is 320 g/mol. The molecule has 3 rings (SSSR count). The Kier molecular flexibility index (Phi) is 5.23. The van der Waals surface area contributed by atoms with Gasteiger partial charge in [0.1, 0.15) is 5.75 Å². The van der Waals surface area contributed by atoms with Crippen molar-refractivity contribution in [3.63, 3.8) is 0 Å². The van der Waals surface area contributed by atoms with Crippen molar-refractivity contribution < 1.29 is 9.53 Å². The number of rotatable bonds is 5. The van der Waals surface area contributed by atoms with E-state index in [1.807, 2.05) is 46.5 Å². The molecule has 0 bridgehead atoms. The summed E-state index contributed by atoms with van der Waals surface area (Å²) in [6.07, 6.45) is 1.94. The Morgan fingerprint density at radius 2 is 1.88 bits per heavy atom. The fourth-order valence-electron chi connectivity index (χ4n) is 2.20. The van der Waals surface area contributed by atoms with Crippen molar-refractivity contribution in [1.82, 2.24) is 4.57 Å². The number of para-hydroxylation sites is 1. The first kappa shape index (κ1) is 16.2. The minimum Gasteiger partial charge on any atom is -0.484 e. The van der Waals surface area contributed by atoms with Gasteiger partial charge in [0, 0.05) is 18.1 Å². The van der Waals surface area contributed by atoms with Gasteiger partial charge < -0.3 is 9.30 Å². The number of carbonyl (C=O) groups is 1. The Morgan fingerprint density at radius 3 is 2.62 bits per heavy atom. The van der Waals surface area contributed by atoms with Gasteiger partial charge >= 0.3 is 0 Å². The van der Waals surface area contributed by atoms with Gasteiger partial charge in [0.15, 0.2) is 11.4 Å². The van der Waals surface area contributed by atoms with E-state index in [2.05, 4.69) is 36.2 Å². The molecule has 0 saturated carbocycles. The maximum absolute atomic E-state index is 12.0. The van der Waals surface area contributed by atoms with E-state index in [0.717, 1.165) is 0 Å². The number of aryl methyl sites for hydroxylation is 1. The van der Waals surface area contributed by atoms with E-state index >= 15 is 0 Å². The zero-order valence-corrected chi connectivity index (χ0v) is 14.2. The molecule has 4 nitrogen and oxygen atoms in total. The molecule has 3 aromatic rings. The summed E-state index contributed by atoms with van der Waals surface area (Å²) in [6.45, 7) is 2.69. The Morgan fingerprint density at radius 1 is 1.12 bits per heavy atom. The van der Waals surface area contributed by atoms with Gasteiger partial charge in [-0.05, 0) is 24.6 Å². The zero-order chi connectivity index (χ0) is 16.8. The van der Waals surface area contributed by atoms with Gasteiger partial charge in [-0.3, -0.25) is 4.79 Å². The smallest absolute Gasteiger partial charge is 0.286 e. The number of benzene rings is 2. The molecule has 1 heterocycles. The highest BCUT2D eigenvalue weighted by molar-refractivity contribution is 7.07. The third-order valence-electron chi connectivity index (χ3n) is 3.46. The topological polar surface area (TPSA) is 43.6 Å². The van der Waals surface area contributed by atoms with Crippen LogP contribution in [0.5, 0.6) is 5.75 Å². The van der Waals surface area contributed by atoms with Gasteiger partial charge in [-0.15, -0.1) is 11.3 Å².